The number of nitrogens with zero attached hydrogens (tertiary/aromatic N) is 1. The van der Waals surface area contributed by atoms with Crippen LogP contribution in [0, 0.1) is 17.2 Å². The van der Waals surface area contributed by atoms with E-state index in [9.17, 15) is 22.8 Å². The van der Waals surface area contributed by atoms with Gasteiger partial charge in [-0.05, 0) is 32.9 Å². The summed E-state index contributed by atoms with van der Waals surface area (Å²) in [5, 5.41) is 11.4. The number of nitriles is 1. The molecule has 0 aliphatic heterocycles. The lowest BCUT2D eigenvalue weighted by atomic mass is 10.0. The number of hydrogen-bond donors (Lipinski definition) is 1. The molecule has 1 aromatic carbocycles. The van der Waals surface area contributed by atoms with Gasteiger partial charge in [0.1, 0.15) is 5.75 Å². The van der Waals surface area contributed by atoms with E-state index in [4.69, 9.17) is 10.00 Å². The molecule has 1 rings (SSSR count). The monoisotopic (exact) mass is 342 g/mol. The SMILES string of the molecule is CC(C)NC(=O)[C@H](C#N)C(=O)[C@@H](C)Oc1ccccc1C(F)(F)F. The minimum absolute atomic E-state index is 0.289. The summed E-state index contributed by atoms with van der Waals surface area (Å²) in [6.45, 7) is 4.50. The third-order valence-electron chi connectivity index (χ3n) is 3.00. The molecule has 0 aliphatic carbocycles. The number of amides is 1. The van der Waals surface area contributed by atoms with Crippen molar-refractivity contribution >= 4 is 11.7 Å². The van der Waals surface area contributed by atoms with Crippen LogP contribution in [-0.2, 0) is 15.8 Å². The second kappa shape index (κ2) is 7.81. The number of alkyl halides is 3. The predicted molar refractivity (Wildman–Crippen MR) is 78.9 cm³/mol. The highest BCUT2D eigenvalue weighted by molar-refractivity contribution is 6.05. The quantitative estimate of drug-likeness (QED) is 0.806. The molecule has 5 nitrogen and oxygen atoms in total. The summed E-state index contributed by atoms with van der Waals surface area (Å²) in [6.07, 6.45) is -6.04. The minimum Gasteiger partial charge on any atom is -0.482 e. The molecule has 0 aliphatic rings. The summed E-state index contributed by atoms with van der Waals surface area (Å²) < 4.78 is 43.8. The Balaban J connectivity index is 2.96. The normalized spacial score (nSPS) is 13.8. The Labute approximate surface area is 137 Å². The number of hydrogen-bond acceptors (Lipinski definition) is 4. The lowest BCUT2D eigenvalue weighted by molar-refractivity contribution is -0.142. The smallest absolute Gasteiger partial charge is 0.419 e. The molecule has 24 heavy (non-hydrogen) atoms. The third-order valence-corrected chi connectivity index (χ3v) is 3.00. The number of Topliss-reactive ketones (excluding diaryl/α,β-unsaturated/α-hetero) is 1. The van der Waals surface area contributed by atoms with Crippen LogP contribution in [0.5, 0.6) is 5.75 Å². The molecule has 0 unspecified atom stereocenters. The first kappa shape index (κ1) is 19.5. The average Bonchev–Trinajstić information content (AvgIpc) is 2.46. The van der Waals surface area contributed by atoms with Gasteiger partial charge in [-0.1, -0.05) is 12.1 Å². The van der Waals surface area contributed by atoms with Crippen molar-refractivity contribution in [3.05, 3.63) is 29.8 Å². The number of carbonyl (C=O) groups is 2. The average molecular weight is 342 g/mol. The molecule has 1 N–H and O–H groups in total. The highest BCUT2D eigenvalue weighted by atomic mass is 19.4. The van der Waals surface area contributed by atoms with Crippen LogP contribution in [0.15, 0.2) is 24.3 Å². The topological polar surface area (TPSA) is 79.2 Å². The van der Waals surface area contributed by atoms with E-state index in [0.29, 0.717) is 0 Å². The van der Waals surface area contributed by atoms with Gasteiger partial charge in [0.2, 0.25) is 5.91 Å². The van der Waals surface area contributed by atoms with Crippen molar-refractivity contribution in [3.63, 3.8) is 0 Å². The van der Waals surface area contributed by atoms with Crippen LogP contribution in [0.25, 0.3) is 0 Å². The van der Waals surface area contributed by atoms with Gasteiger partial charge in [-0.15, -0.1) is 0 Å². The maximum absolute atomic E-state index is 12.9. The van der Waals surface area contributed by atoms with Crippen molar-refractivity contribution in [3.8, 4) is 11.8 Å². The van der Waals surface area contributed by atoms with E-state index < -0.39 is 41.2 Å². The van der Waals surface area contributed by atoms with E-state index >= 15 is 0 Å². The Morgan fingerprint density at radius 2 is 1.79 bits per heavy atom. The van der Waals surface area contributed by atoms with Crippen LogP contribution < -0.4 is 10.1 Å². The lowest BCUT2D eigenvalue weighted by Crippen LogP contribution is -2.42. The zero-order valence-corrected chi connectivity index (χ0v) is 13.3. The minimum atomic E-state index is -4.65. The molecule has 1 amide bonds. The molecule has 0 radical (unpaired) electrons. The van der Waals surface area contributed by atoms with Gasteiger partial charge < -0.3 is 10.1 Å². The zero-order chi connectivity index (χ0) is 18.5. The van der Waals surface area contributed by atoms with Gasteiger partial charge in [-0.2, -0.15) is 18.4 Å². The molecule has 0 spiro atoms. The Hall–Kier alpha value is -2.56. The molecular formula is C16H17F3N2O3. The van der Waals surface area contributed by atoms with Crippen LogP contribution in [0.2, 0.25) is 0 Å². The van der Waals surface area contributed by atoms with Gasteiger partial charge in [0.15, 0.2) is 17.8 Å². The second-order valence-electron chi connectivity index (χ2n) is 5.38. The van der Waals surface area contributed by atoms with E-state index in [1.165, 1.54) is 19.1 Å². The van der Waals surface area contributed by atoms with Gasteiger partial charge in [-0.25, -0.2) is 0 Å². The van der Waals surface area contributed by atoms with Gasteiger partial charge in [0.05, 0.1) is 11.6 Å². The fraction of sp³-hybridized carbons (Fsp3) is 0.438. The molecule has 0 bridgehead atoms. The van der Waals surface area contributed by atoms with E-state index in [2.05, 4.69) is 5.32 Å². The standard InChI is InChI=1S/C16H17F3N2O3/c1-9(2)21-15(23)11(8-20)14(22)10(3)24-13-7-5-4-6-12(13)16(17,18)19/h4-7,9-11H,1-3H3,(H,21,23)/t10-,11-/m1/s1. The van der Waals surface area contributed by atoms with Crippen molar-refractivity contribution in [1.82, 2.24) is 5.32 Å². The van der Waals surface area contributed by atoms with Crippen molar-refractivity contribution in [2.24, 2.45) is 5.92 Å². The van der Waals surface area contributed by atoms with E-state index in [1.54, 1.807) is 19.9 Å². The molecule has 1 aromatic rings. The number of benzene rings is 1. The Bertz CT molecular complexity index is 651. The first-order valence-electron chi connectivity index (χ1n) is 7.14. The maximum Gasteiger partial charge on any atom is 0.419 e. The van der Waals surface area contributed by atoms with Gasteiger partial charge in [0, 0.05) is 6.04 Å². The number of rotatable bonds is 6. The number of ether oxygens (including phenoxy) is 1. The van der Waals surface area contributed by atoms with Crippen LogP contribution in [0.3, 0.4) is 0 Å². The van der Waals surface area contributed by atoms with Crippen molar-refractivity contribution in [1.29, 1.82) is 5.26 Å². The largest absolute Gasteiger partial charge is 0.482 e. The number of carbonyl (C=O) groups excluding carboxylic acids is 2. The molecule has 0 heterocycles. The van der Waals surface area contributed by atoms with Gasteiger partial charge >= 0.3 is 6.18 Å². The third kappa shape index (κ3) is 4.98. The number of ketones is 1. The first-order chi connectivity index (χ1) is 11.1. The van der Waals surface area contributed by atoms with E-state index in [1.807, 2.05) is 0 Å². The Kier molecular flexibility index (Phi) is 6.35. The predicted octanol–water partition coefficient (Wildman–Crippen LogP) is 2.71. The van der Waals surface area contributed by atoms with Crippen molar-refractivity contribution in [2.75, 3.05) is 0 Å². The fourth-order valence-electron chi connectivity index (χ4n) is 1.91. The number of halogens is 3. The highest BCUT2D eigenvalue weighted by Crippen LogP contribution is 2.36. The van der Waals surface area contributed by atoms with Crippen LogP contribution in [0.1, 0.15) is 26.3 Å². The van der Waals surface area contributed by atoms with Gasteiger partial charge in [-0.3, -0.25) is 9.59 Å². The lowest BCUT2D eigenvalue weighted by Gasteiger charge is -2.19. The summed E-state index contributed by atoms with van der Waals surface area (Å²) in [7, 11) is 0. The summed E-state index contributed by atoms with van der Waals surface area (Å²) >= 11 is 0. The Morgan fingerprint density at radius 1 is 1.21 bits per heavy atom. The first-order valence-corrected chi connectivity index (χ1v) is 7.14. The highest BCUT2D eigenvalue weighted by Gasteiger charge is 2.36. The molecule has 0 saturated heterocycles. The molecule has 0 saturated carbocycles. The maximum atomic E-state index is 12.9. The van der Waals surface area contributed by atoms with Gasteiger partial charge in [0.25, 0.3) is 0 Å². The fourth-order valence-corrected chi connectivity index (χ4v) is 1.91. The van der Waals surface area contributed by atoms with Crippen LogP contribution in [0.4, 0.5) is 13.2 Å². The van der Waals surface area contributed by atoms with Crippen molar-refractivity contribution in [2.45, 2.75) is 39.1 Å². The number of nitrogens with one attached hydrogen (secondary N) is 1. The second-order valence-corrected chi connectivity index (χ2v) is 5.38. The summed E-state index contributed by atoms with van der Waals surface area (Å²) in [6, 6.07) is 5.68. The molecular weight excluding hydrogens is 325 g/mol. The van der Waals surface area contributed by atoms with Crippen LogP contribution in [-0.4, -0.2) is 23.8 Å². The molecule has 2 atom stereocenters. The molecule has 0 fully saturated rings. The van der Waals surface area contributed by atoms with E-state index in [0.717, 1.165) is 12.1 Å². The van der Waals surface area contributed by atoms with Crippen LogP contribution >= 0.6 is 0 Å². The number of para-hydroxylation sites is 1. The molecule has 8 heteroatoms. The molecule has 0 aromatic heterocycles. The van der Waals surface area contributed by atoms with E-state index in [-0.39, 0.29) is 6.04 Å². The Morgan fingerprint density at radius 3 is 2.29 bits per heavy atom. The summed E-state index contributed by atoms with van der Waals surface area (Å²) in [4.78, 5) is 24.0. The summed E-state index contributed by atoms with van der Waals surface area (Å²) in [5.74, 6) is -3.91. The zero-order valence-electron chi connectivity index (χ0n) is 13.3. The molecule has 130 valence electrons. The van der Waals surface area contributed by atoms with Crippen molar-refractivity contribution < 1.29 is 27.5 Å². The summed E-state index contributed by atoms with van der Waals surface area (Å²) in [5.41, 5.74) is -1.04.